The lowest BCUT2D eigenvalue weighted by Crippen LogP contribution is -2.28. The number of alkyl halides is 1. The van der Waals surface area contributed by atoms with Crippen molar-refractivity contribution in [3.63, 3.8) is 0 Å². The fraction of sp³-hybridized carbons (Fsp3) is 0.391. The molecule has 2 atom stereocenters. The number of esters is 2. The second-order valence-corrected chi connectivity index (χ2v) is 10.5. The third kappa shape index (κ3) is 8.70. The molecule has 13 heteroatoms. The van der Waals surface area contributed by atoms with Crippen molar-refractivity contribution >= 4 is 56.6 Å². The van der Waals surface area contributed by atoms with Gasteiger partial charge in [0.1, 0.15) is 25.1 Å². The quantitative estimate of drug-likeness (QED) is 0.251. The fourth-order valence-electron chi connectivity index (χ4n) is 2.93. The number of halogens is 3. The predicted molar refractivity (Wildman–Crippen MR) is 133 cm³/mol. The minimum Gasteiger partial charge on any atom is -0.490 e. The van der Waals surface area contributed by atoms with Gasteiger partial charge in [0.25, 0.3) is 0 Å². The first-order chi connectivity index (χ1) is 17.0. The Labute approximate surface area is 224 Å². The molecule has 2 rings (SSSR count). The molecule has 198 valence electrons. The monoisotopic (exact) mass is 582 g/mol. The number of carbonyl (C=O) groups excluding carboxylic acids is 2. The van der Waals surface area contributed by atoms with Gasteiger partial charge >= 0.3 is 11.9 Å². The second kappa shape index (κ2) is 13.9. The van der Waals surface area contributed by atoms with Crippen LogP contribution in [-0.2, 0) is 33.6 Å². The Morgan fingerprint density at radius 3 is 1.86 bits per heavy atom. The molecule has 2 aromatic rings. The van der Waals surface area contributed by atoms with E-state index in [4.69, 9.17) is 58.5 Å². The molecule has 36 heavy (non-hydrogen) atoms. The molecule has 0 saturated carbocycles. The summed E-state index contributed by atoms with van der Waals surface area (Å²) in [4.78, 5) is 22.1. The van der Waals surface area contributed by atoms with Gasteiger partial charge < -0.3 is 23.7 Å². The highest BCUT2D eigenvalue weighted by molar-refractivity contribution is 7.91. The molecule has 0 aliphatic carbocycles. The number of ether oxygens (including phenoxy) is 5. The summed E-state index contributed by atoms with van der Waals surface area (Å²) in [5, 5.41) is -0.0985. The summed E-state index contributed by atoms with van der Waals surface area (Å²) in [5.41, 5.74) is 0. The first kappa shape index (κ1) is 30.0. The van der Waals surface area contributed by atoms with Crippen LogP contribution in [0.15, 0.2) is 46.2 Å². The number of carbonyl (C=O) groups is 2. The van der Waals surface area contributed by atoms with Crippen molar-refractivity contribution in [2.75, 3.05) is 32.8 Å². The Bertz CT molecular complexity index is 1130. The van der Waals surface area contributed by atoms with E-state index in [1.165, 1.54) is 57.4 Å². The van der Waals surface area contributed by atoms with Crippen LogP contribution < -0.4 is 9.47 Å². The zero-order valence-electron chi connectivity index (χ0n) is 19.7. The molecule has 0 heterocycles. The van der Waals surface area contributed by atoms with Gasteiger partial charge in [0.15, 0.2) is 11.9 Å². The van der Waals surface area contributed by atoms with Gasteiger partial charge in [-0.2, -0.15) is 0 Å². The third-order valence-corrected chi connectivity index (χ3v) is 7.11. The van der Waals surface area contributed by atoms with Gasteiger partial charge in [-0.1, -0.05) is 23.2 Å². The van der Waals surface area contributed by atoms with Gasteiger partial charge in [0.2, 0.25) is 9.84 Å². The third-order valence-electron chi connectivity index (χ3n) is 4.46. The van der Waals surface area contributed by atoms with Gasteiger partial charge in [-0.25, -0.2) is 8.42 Å². The Morgan fingerprint density at radius 1 is 0.833 bits per heavy atom. The van der Waals surface area contributed by atoms with Crippen molar-refractivity contribution in [1.82, 2.24) is 0 Å². The van der Waals surface area contributed by atoms with Crippen molar-refractivity contribution in [2.24, 2.45) is 0 Å². The summed E-state index contributed by atoms with van der Waals surface area (Å²) in [6, 6.07) is 8.06. The van der Waals surface area contributed by atoms with E-state index in [2.05, 4.69) is 0 Å². The molecule has 0 amide bonds. The topological polar surface area (TPSA) is 114 Å². The van der Waals surface area contributed by atoms with Crippen LogP contribution in [-0.4, -0.2) is 65.4 Å². The second-order valence-electron chi connectivity index (χ2n) is 7.39. The standard InChI is InChI=1S/C23H25Cl3O9S/c1-14(27)34-17(10-24)12-33-23-21(25)8-20(9-22(23)26)36(29,30)19-6-4-16(5-7-19)32-13-18(11-31-3)35-15(2)28/h4-9,17-18H,10-13H2,1-3H3/t17-,18-/m1/s1. The summed E-state index contributed by atoms with van der Waals surface area (Å²) in [7, 11) is -2.52. The molecule has 0 aliphatic rings. The number of hydrogen-bond donors (Lipinski definition) is 0. The van der Waals surface area contributed by atoms with Crippen LogP contribution >= 0.6 is 34.8 Å². The largest absolute Gasteiger partial charge is 0.490 e. The summed E-state index contributed by atoms with van der Waals surface area (Å²) in [6.07, 6.45) is -1.35. The lowest BCUT2D eigenvalue weighted by molar-refractivity contribution is -0.150. The summed E-state index contributed by atoms with van der Waals surface area (Å²) in [5.74, 6) is -0.624. The highest BCUT2D eigenvalue weighted by atomic mass is 35.5. The number of rotatable bonds is 13. The van der Waals surface area contributed by atoms with Crippen LogP contribution in [0.25, 0.3) is 0 Å². The van der Waals surface area contributed by atoms with E-state index in [9.17, 15) is 18.0 Å². The van der Waals surface area contributed by atoms with E-state index in [1.54, 1.807) is 0 Å². The Hall–Kier alpha value is -2.24. The number of methoxy groups -OCH3 is 1. The average Bonchev–Trinajstić information content (AvgIpc) is 2.81. The van der Waals surface area contributed by atoms with Gasteiger partial charge in [0, 0.05) is 21.0 Å². The lowest BCUT2D eigenvalue weighted by Gasteiger charge is -2.17. The van der Waals surface area contributed by atoms with Crippen LogP contribution in [0.1, 0.15) is 13.8 Å². The Kier molecular flexibility index (Phi) is 11.6. The molecule has 0 fully saturated rings. The van der Waals surface area contributed by atoms with Crippen LogP contribution in [0.3, 0.4) is 0 Å². The molecule has 0 bridgehead atoms. The maximum absolute atomic E-state index is 13.1. The maximum Gasteiger partial charge on any atom is 0.303 e. The van der Waals surface area contributed by atoms with Gasteiger partial charge in [-0.3, -0.25) is 9.59 Å². The van der Waals surface area contributed by atoms with Gasteiger partial charge in [0.05, 0.1) is 32.3 Å². The predicted octanol–water partition coefficient (Wildman–Crippen LogP) is 4.33. The molecule has 0 N–H and O–H groups in total. The fourth-order valence-corrected chi connectivity index (χ4v) is 5.12. The van der Waals surface area contributed by atoms with E-state index in [1.807, 2.05) is 0 Å². The van der Waals surface area contributed by atoms with Crippen molar-refractivity contribution in [3.8, 4) is 11.5 Å². The molecule has 0 aliphatic heterocycles. The molecule has 0 saturated heterocycles. The average molecular weight is 584 g/mol. The first-order valence-corrected chi connectivity index (χ1v) is 13.2. The maximum atomic E-state index is 13.1. The minimum atomic E-state index is -3.98. The summed E-state index contributed by atoms with van der Waals surface area (Å²) in [6.45, 7) is 2.55. The minimum absolute atomic E-state index is 0.0161. The number of sulfone groups is 1. The zero-order chi connectivity index (χ0) is 26.9. The highest BCUT2D eigenvalue weighted by Crippen LogP contribution is 2.37. The zero-order valence-corrected chi connectivity index (χ0v) is 22.7. The SMILES string of the molecule is COC[C@H](COc1ccc(S(=O)(=O)c2cc(Cl)c(OC[C@@H](CCl)OC(C)=O)c(Cl)c2)cc1)OC(C)=O. The Morgan fingerprint density at radius 2 is 1.36 bits per heavy atom. The normalized spacial score (nSPS) is 12.9. The van der Waals surface area contributed by atoms with Crippen molar-refractivity contribution < 1.29 is 41.7 Å². The highest BCUT2D eigenvalue weighted by Gasteiger charge is 2.23. The number of hydrogen-bond acceptors (Lipinski definition) is 9. The first-order valence-electron chi connectivity index (χ1n) is 10.5. The van der Waals surface area contributed by atoms with E-state index >= 15 is 0 Å². The summed E-state index contributed by atoms with van der Waals surface area (Å²) >= 11 is 18.2. The Balaban J connectivity index is 2.15. The van der Waals surface area contributed by atoms with E-state index in [0.717, 1.165) is 0 Å². The van der Waals surface area contributed by atoms with E-state index < -0.39 is 34.0 Å². The van der Waals surface area contributed by atoms with Crippen molar-refractivity contribution in [1.29, 1.82) is 0 Å². The van der Waals surface area contributed by atoms with Crippen LogP contribution in [0, 0.1) is 0 Å². The van der Waals surface area contributed by atoms with Crippen LogP contribution in [0.5, 0.6) is 11.5 Å². The smallest absolute Gasteiger partial charge is 0.303 e. The van der Waals surface area contributed by atoms with E-state index in [0.29, 0.717) is 5.75 Å². The lowest BCUT2D eigenvalue weighted by atomic mass is 10.3. The molecule has 9 nitrogen and oxygen atoms in total. The molecule has 0 radical (unpaired) electrons. The van der Waals surface area contributed by atoms with Crippen molar-refractivity contribution in [2.45, 2.75) is 35.8 Å². The molecule has 2 aromatic carbocycles. The van der Waals surface area contributed by atoms with Crippen LogP contribution in [0.4, 0.5) is 0 Å². The molecule has 0 unspecified atom stereocenters. The number of benzene rings is 2. The van der Waals surface area contributed by atoms with Crippen LogP contribution in [0.2, 0.25) is 10.0 Å². The summed E-state index contributed by atoms with van der Waals surface area (Å²) < 4.78 is 52.4. The molecule has 0 aromatic heterocycles. The van der Waals surface area contributed by atoms with E-state index in [-0.39, 0.29) is 51.3 Å². The molecule has 0 spiro atoms. The molecular weight excluding hydrogens is 559 g/mol. The van der Waals surface area contributed by atoms with Gasteiger partial charge in [-0.15, -0.1) is 11.6 Å². The van der Waals surface area contributed by atoms with Crippen molar-refractivity contribution in [3.05, 3.63) is 46.4 Å². The molecular formula is C23H25Cl3O9S. The van der Waals surface area contributed by atoms with Gasteiger partial charge in [-0.05, 0) is 36.4 Å².